The summed E-state index contributed by atoms with van der Waals surface area (Å²) in [5.74, 6) is -0.510. The summed E-state index contributed by atoms with van der Waals surface area (Å²) in [6, 6.07) is 0. The van der Waals surface area contributed by atoms with Gasteiger partial charge in [-0.1, -0.05) is 96.8 Å². The molecule has 0 amide bonds. The molecule has 0 unspecified atom stereocenters. The number of rotatable bonds is 16. The summed E-state index contributed by atoms with van der Waals surface area (Å²) >= 11 is 0. The molecule has 0 aromatic heterocycles. The zero-order valence-electron chi connectivity index (χ0n) is 14.4. The van der Waals surface area contributed by atoms with Crippen LogP contribution in [0.25, 0.3) is 0 Å². The van der Waals surface area contributed by atoms with E-state index < -0.39 is 5.97 Å². The van der Waals surface area contributed by atoms with Crippen molar-refractivity contribution in [2.75, 3.05) is 0 Å². The number of carbonyl (C=O) groups excluding carboxylic acids is 1. The van der Waals surface area contributed by atoms with E-state index in [1.54, 1.807) is 0 Å². The second-order valence-corrected chi connectivity index (χ2v) is 6.16. The molecule has 0 aromatic rings. The van der Waals surface area contributed by atoms with Gasteiger partial charge in [-0.05, 0) is 6.42 Å². The molecule has 22 heavy (non-hydrogen) atoms. The van der Waals surface area contributed by atoms with Crippen LogP contribution in [0.15, 0.2) is 0 Å². The van der Waals surface area contributed by atoms with Crippen molar-refractivity contribution in [2.24, 2.45) is 0 Å². The Kier molecular flexibility index (Phi) is 23.0. The Labute approximate surface area is 148 Å². The summed E-state index contributed by atoms with van der Waals surface area (Å²) in [4.78, 5) is 14.3. The van der Waals surface area contributed by atoms with Gasteiger partial charge in [0.1, 0.15) is 0 Å². The summed E-state index contributed by atoms with van der Waals surface area (Å²) in [5, 5.41) is 8.10. The van der Waals surface area contributed by atoms with Gasteiger partial charge < -0.3 is 4.89 Å². The first-order valence-electron chi connectivity index (χ1n) is 9.15. The summed E-state index contributed by atoms with van der Waals surface area (Å²) in [6.45, 7) is 2.27. The summed E-state index contributed by atoms with van der Waals surface area (Å²) < 4.78 is 0. The first-order chi connectivity index (χ1) is 10.3. The third-order valence-corrected chi connectivity index (χ3v) is 4.09. The van der Waals surface area contributed by atoms with Crippen LogP contribution in [0.5, 0.6) is 0 Å². The van der Waals surface area contributed by atoms with Gasteiger partial charge in [0.15, 0.2) is 0 Å². The number of unbranched alkanes of at least 4 members (excludes halogenated alkanes) is 14. The molecule has 1 N–H and O–H groups in total. The molecule has 0 aliphatic carbocycles. The zero-order valence-corrected chi connectivity index (χ0v) is 15.5. The van der Waals surface area contributed by atoms with Gasteiger partial charge in [-0.2, -0.15) is 5.26 Å². The minimum atomic E-state index is -0.510. The van der Waals surface area contributed by atoms with Crippen LogP contribution in [-0.4, -0.2) is 11.2 Å². The zero-order chi connectivity index (χ0) is 15.6. The first kappa shape index (κ1) is 24.2. The molecular formula is C18H36FeO3. The van der Waals surface area contributed by atoms with Gasteiger partial charge in [0, 0.05) is 23.5 Å². The van der Waals surface area contributed by atoms with Crippen LogP contribution in [0.2, 0.25) is 0 Å². The third-order valence-electron chi connectivity index (χ3n) is 4.09. The molecule has 0 bridgehead atoms. The van der Waals surface area contributed by atoms with Crippen molar-refractivity contribution in [3.63, 3.8) is 0 Å². The van der Waals surface area contributed by atoms with Gasteiger partial charge in [-0.3, -0.25) is 0 Å². The molecule has 0 aromatic carbocycles. The molecule has 0 rings (SSSR count). The third kappa shape index (κ3) is 19.9. The second-order valence-electron chi connectivity index (χ2n) is 6.16. The van der Waals surface area contributed by atoms with Crippen molar-refractivity contribution < 1.29 is 32.0 Å². The fourth-order valence-corrected chi connectivity index (χ4v) is 2.69. The fraction of sp³-hybridized carbons (Fsp3) is 0.944. The molecule has 0 heterocycles. The average Bonchev–Trinajstić information content (AvgIpc) is 2.50. The van der Waals surface area contributed by atoms with E-state index in [-0.39, 0.29) is 17.1 Å². The van der Waals surface area contributed by atoms with Crippen molar-refractivity contribution in [3.8, 4) is 0 Å². The van der Waals surface area contributed by atoms with E-state index in [1.165, 1.54) is 83.5 Å². The molecule has 0 aliphatic rings. The standard InChI is InChI=1S/C18H36O3.Fe/c1-2-3-4-5-6-7-8-9-10-11-12-13-14-15-16-17-18(19)21-20;/h20H,2-17H2,1H3;. The second kappa shape index (κ2) is 20.9. The Morgan fingerprint density at radius 2 is 1.00 bits per heavy atom. The van der Waals surface area contributed by atoms with E-state index in [1.807, 2.05) is 0 Å². The van der Waals surface area contributed by atoms with Crippen LogP contribution in [0.1, 0.15) is 110 Å². The van der Waals surface area contributed by atoms with Crippen molar-refractivity contribution in [2.45, 2.75) is 110 Å². The molecule has 0 spiro atoms. The topological polar surface area (TPSA) is 46.5 Å². The molecule has 4 heteroatoms. The van der Waals surface area contributed by atoms with E-state index in [9.17, 15) is 4.79 Å². The predicted octanol–water partition coefficient (Wildman–Crippen LogP) is 6.26. The Morgan fingerprint density at radius 1 is 0.682 bits per heavy atom. The van der Waals surface area contributed by atoms with E-state index in [4.69, 9.17) is 5.26 Å². The molecule has 134 valence electrons. The maximum atomic E-state index is 10.7. The monoisotopic (exact) mass is 356 g/mol. The number of hydrogen-bond acceptors (Lipinski definition) is 3. The van der Waals surface area contributed by atoms with Crippen molar-refractivity contribution in [1.29, 1.82) is 0 Å². The predicted molar refractivity (Wildman–Crippen MR) is 88.3 cm³/mol. The molecule has 0 fully saturated rings. The normalized spacial score (nSPS) is 10.3. The van der Waals surface area contributed by atoms with Gasteiger partial charge in [0.25, 0.3) is 0 Å². The largest absolute Gasteiger partial charge is 0.342 e. The summed E-state index contributed by atoms with van der Waals surface area (Å²) in [6.07, 6.45) is 20.0. The van der Waals surface area contributed by atoms with Gasteiger partial charge in [-0.25, -0.2) is 4.79 Å². The van der Waals surface area contributed by atoms with Gasteiger partial charge in [-0.15, -0.1) is 0 Å². The Morgan fingerprint density at radius 3 is 1.32 bits per heavy atom. The first-order valence-corrected chi connectivity index (χ1v) is 9.15. The maximum Gasteiger partial charge on any atom is 0.342 e. The average molecular weight is 356 g/mol. The van der Waals surface area contributed by atoms with Crippen LogP contribution in [0.4, 0.5) is 0 Å². The van der Waals surface area contributed by atoms with E-state index in [0.717, 1.165) is 12.8 Å². The van der Waals surface area contributed by atoms with Crippen LogP contribution in [0.3, 0.4) is 0 Å². The quantitative estimate of drug-likeness (QED) is 0.154. The summed E-state index contributed by atoms with van der Waals surface area (Å²) in [7, 11) is 0. The Balaban J connectivity index is 0. The SMILES string of the molecule is CCCCCCCCCCCCCCCCCC(=O)OO.[Fe]. The molecule has 0 atom stereocenters. The maximum absolute atomic E-state index is 10.7. The van der Waals surface area contributed by atoms with Crippen LogP contribution < -0.4 is 0 Å². The van der Waals surface area contributed by atoms with Crippen molar-refractivity contribution in [1.82, 2.24) is 0 Å². The molecule has 0 aliphatic heterocycles. The van der Waals surface area contributed by atoms with Crippen molar-refractivity contribution in [3.05, 3.63) is 0 Å². The minimum Gasteiger partial charge on any atom is -0.301 e. The number of carbonyl (C=O) groups is 1. The Bertz CT molecular complexity index is 222. The van der Waals surface area contributed by atoms with E-state index in [0.29, 0.717) is 6.42 Å². The Hall–Kier alpha value is -0.0505. The number of hydrogen-bond donors (Lipinski definition) is 1. The van der Waals surface area contributed by atoms with Crippen LogP contribution in [-0.2, 0) is 26.8 Å². The van der Waals surface area contributed by atoms with Gasteiger partial charge in [0.05, 0.1) is 0 Å². The van der Waals surface area contributed by atoms with Crippen LogP contribution >= 0.6 is 0 Å². The minimum absolute atomic E-state index is 0. The molecule has 0 saturated heterocycles. The molecule has 0 saturated carbocycles. The van der Waals surface area contributed by atoms with Crippen molar-refractivity contribution >= 4 is 5.97 Å². The van der Waals surface area contributed by atoms with Crippen LogP contribution in [0, 0.1) is 0 Å². The van der Waals surface area contributed by atoms with E-state index in [2.05, 4.69) is 11.8 Å². The smallest absolute Gasteiger partial charge is 0.301 e. The molecule has 3 nitrogen and oxygen atoms in total. The van der Waals surface area contributed by atoms with Gasteiger partial charge in [0.2, 0.25) is 0 Å². The van der Waals surface area contributed by atoms with Gasteiger partial charge >= 0.3 is 5.97 Å². The molecule has 0 radical (unpaired) electrons. The van der Waals surface area contributed by atoms with E-state index >= 15 is 0 Å². The summed E-state index contributed by atoms with van der Waals surface area (Å²) in [5.41, 5.74) is 0. The fourth-order valence-electron chi connectivity index (χ4n) is 2.69. The molecular weight excluding hydrogens is 320 g/mol.